The highest BCUT2D eigenvalue weighted by Gasteiger charge is 2.26. The summed E-state index contributed by atoms with van der Waals surface area (Å²) >= 11 is 0. The Morgan fingerprint density at radius 2 is 2.25 bits per heavy atom. The van der Waals surface area contributed by atoms with Gasteiger partial charge in [-0.15, -0.1) is 5.10 Å². The summed E-state index contributed by atoms with van der Waals surface area (Å²) < 4.78 is 7.19. The highest BCUT2D eigenvalue weighted by molar-refractivity contribution is 4.93. The fourth-order valence-corrected chi connectivity index (χ4v) is 2.00. The highest BCUT2D eigenvalue weighted by atomic mass is 16.5. The van der Waals surface area contributed by atoms with E-state index in [1.165, 1.54) is 0 Å². The zero-order chi connectivity index (χ0) is 11.4. The van der Waals surface area contributed by atoms with Crippen LogP contribution in [0.15, 0.2) is 6.20 Å². The Morgan fingerprint density at radius 3 is 2.88 bits per heavy atom. The van der Waals surface area contributed by atoms with Crippen molar-refractivity contribution in [3.8, 4) is 0 Å². The van der Waals surface area contributed by atoms with Crippen molar-refractivity contribution in [1.29, 1.82) is 0 Å². The fourth-order valence-electron chi connectivity index (χ4n) is 2.00. The van der Waals surface area contributed by atoms with Crippen molar-refractivity contribution in [2.75, 3.05) is 19.8 Å². The molecular formula is C11H20N4O. The van der Waals surface area contributed by atoms with Crippen LogP contribution in [0.4, 0.5) is 0 Å². The van der Waals surface area contributed by atoms with E-state index in [4.69, 9.17) is 4.74 Å². The third-order valence-corrected chi connectivity index (χ3v) is 3.37. The predicted molar refractivity (Wildman–Crippen MR) is 60.9 cm³/mol. The van der Waals surface area contributed by atoms with Crippen LogP contribution in [0.25, 0.3) is 0 Å². The van der Waals surface area contributed by atoms with Gasteiger partial charge in [-0.1, -0.05) is 12.1 Å². The lowest BCUT2D eigenvalue weighted by Gasteiger charge is -2.33. The molecule has 0 atom stereocenters. The summed E-state index contributed by atoms with van der Waals surface area (Å²) in [6.45, 7) is 5.97. The molecule has 1 aromatic heterocycles. The largest absolute Gasteiger partial charge is 0.381 e. The van der Waals surface area contributed by atoms with E-state index in [0.29, 0.717) is 5.41 Å². The maximum atomic E-state index is 5.38. The molecule has 1 N–H and O–H groups in total. The monoisotopic (exact) mass is 224 g/mol. The van der Waals surface area contributed by atoms with Crippen LogP contribution in [0.3, 0.4) is 0 Å². The van der Waals surface area contributed by atoms with Crippen molar-refractivity contribution in [3.05, 3.63) is 11.9 Å². The molecule has 1 aliphatic rings. The quantitative estimate of drug-likeness (QED) is 0.819. The maximum Gasteiger partial charge on any atom is 0.0738 e. The molecule has 5 nitrogen and oxygen atoms in total. The number of aryl methyl sites for hydroxylation is 1. The summed E-state index contributed by atoms with van der Waals surface area (Å²) in [7, 11) is 1.92. The van der Waals surface area contributed by atoms with Gasteiger partial charge >= 0.3 is 0 Å². The number of hydrogen-bond donors (Lipinski definition) is 1. The summed E-state index contributed by atoms with van der Waals surface area (Å²) in [5, 5.41) is 11.2. The molecule has 0 aromatic carbocycles. The lowest BCUT2D eigenvalue weighted by atomic mass is 9.82. The molecule has 0 unspecified atom stereocenters. The molecule has 0 saturated carbocycles. The van der Waals surface area contributed by atoms with Crippen LogP contribution in [0.2, 0.25) is 0 Å². The Labute approximate surface area is 96.2 Å². The van der Waals surface area contributed by atoms with Gasteiger partial charge in [0, 0.05) is 33.4 Å². The lowest BCUT2D eigenvalue weighted by Crippen LogP contribution is -2.36. The van der Waals surface area contributed by atoms with E-state index < -0.39 is 0 Å². The standard InChI is InChI=1S/C11H20N4O/c1-11(3-5-16-6-4-11)9-12-7-10-8-13-14-15(10)2/h8,12H,3-7,9H2,1-2H3. The second kappa shape index (κ2) is 4.93. The first-order chi connectivity index (χ1) is 7.70. The normalized spacial score (nSPS) is 19.9. The van der Waals surface area contributed by atoms with Gasteiger partial charge < -0.3 is 10.1 Å². The van der Waals surface area contributed by atoms with E-state index >= 15 is 0 Å². The first kappa shape index (κ1) is 11.5. The second-order valence-electron chi connectivity index (χ2n) is 4.88. The van der Waals surface area contributed by atoms with Crippen LogP contribution in [-0.2, 0) is 18.3 Å². The van der Waals surface area contributed by atoms with Crippen LogP contribution < -0.4 is 5.32 Å². The maximum absolute atomic E-state index is 5.38. The summed E-state index contributed by atoms with van der Waals surface area (Å²) in [6.07, 6.45) is 4.09. The van der Waals surface area contributed by atoms with Crippen LogP contribution in [0.5, 0.6) is 0 Å². The van der Waals surface area contributed by atoms with Crippen molar-refractivity contribution in [3.63, 3.8) is 0 Å². The Bertz CT molecular complexity index is 330. The number of aromatic nitrogens is 3. The average Bonchev–Trinajstić information content (AvgIpc) is 2.65. The van der Waals surface area contributed by atoms with Gasteiger partial charge in [0.1, 0.15) is 0 Å². The Kier molecular flexibility index (Phi) is 3.56. The Hall–Kier alpha value is -0.940. The van der Waals surface area contributed by atoms with E-state index in [0.717, 1.165) is 44.8 Å². The van der Waals surface area contributed by atoms with Gasteiger partial charge in [-0.2, -0.15) is 0 Å². The molecule has 1 aliphatic heterocycles. The zero-order valence-corrected chi connectivity index (χ0v) is 10.1. The Morgan fingerprint density at radius 1 is 1.50 bits per heavy atom. The van der Waals surface area contributed by atoms with E-state index in [9.17, 15) is 0 Å². The minimum Gasteiger partial charge on any atom is -0.381 e. The molecule has 90 valence electrons. The molecule has 1 aromatic rings. The topological polar surface area (TPSA) is 52.0 Å². The molecule has 2 heterocycles. The third-order valence-electron chi connectivity index (χ3n) is 3.37. The average molecular weight is 224 g/mol. The molecule has 0 bridgehead atoms. The zero-order valence-electron chi connectivity index (χ0n) is 10.1. The van der Waals surface area contributed by atoms with Crippen molar-refractivity contribution >= 4 is 0 Å². The van der Waals surface area contributed by atoms with Crippen molar-refractivity contribution < 1.29 is 4.74 Å². The molecule has 1 saturated heterocycles. The van der Waals surface area contributed by atoms with E-state index in [1.807, 2.05) is 7.05 Å². The second-order valence-corrected chi connectivity index (χ2v) is 4.88. The molecule has 5 heteroatoms. The van der Waals surface area contributed by atoms with Gasteiger partial charge in [-0.05, 0) is 18.3 Å². The number of nitrogens with one attached hydrogen (secondary N) is 1. The van der Waals surface area contributed by atoms with Gasteiger partial charge in [0.2, 0.25) is 0 Å². The van der Waals surface area contributed by atoms with Crippen LogP contribution in [0, 0.1) is 5.41 Å². The van der Waals surface area contributed by atoms with E-state index in [-0.39, 0.29) is 0 Å². The molecule has 2 rings (SSSR count). The fraction of sp³-hybridized carbons (Fsp3) is 0.818. The lowest BCUT2D eigenvalue weighted by molar-refractivity contribution is 0.0239. The van der Waals surface area contributed by atoms with Crippen molar-refractivity contribution in [2.24, 2.45) is 12.5 Å². The third kappa shape index (κ3) is 2.80. The SMILES string of the molecule is Cn1nncc1CNCC1(C)CCOCC1. The summed E-state index contributed by atoms with van der Waals surface area (Å²) in [4.78, 5) is 0. The highest BCUT2D eigenvalue weighted by Crippen LogP contribution is 2.28. The smallest absolute Gasteiger partial charge is 0.0738 e. The number of nitrogens with zero attached hydrogens (tertiary/aromatic N) is 3. The van der Waals surface area contributed by atoms with E-state index in [2.05, 4.69) is 22.6 Å². The molecule has 0 radical (unpaired) electrons. The number of hydrogen-bond acceptors (Lipinski definition) is 4. The molecule has 0 aliphatic carbocycles. The number of ether oxygens (including phenoxy) is 1. The number of rotatable bonds is 4. The molecule has 1 fully saturated rings. The van der Waals surface area contributed by atoms with Crippen LogP contribution >= 0.6 is 0 Å². The van der Waals surface area contributed by atoms with Gasteiger partial charge in [-0.3, -0.25) is 4.68 Å². The first-order valence-corrected chi connectivity index (χ1v) is 5.82. The van der Waals surface area contributed by atoms with Crippen molar-refractivity contribution in [2.45, 2.75) is 26.3 Å². The van der Waals surface area contributed by atoms with Gasteiger partial charge in [0.05, 0.1) is 11.9 Å². The van der Waals surface area contributed by atoms with E-state index in [1.54, 1.807) is 10.9 Å². The summed E-state index contributed by atoms with van der Waals surface area (Å²) in [5.41, 5.74) is 1.50. The molecule has 16 heavy (non-hydrogen) atoms. The molecule has 0 amide bonds. The van der Waals surface area contributed by atoms with Gasteiger partial charge in [0.25, 0.3) is 0 Å². The van der Waals surface area contributed by atoms with Crippen LogP contribution in [0.1, 0.15) is 25.5 Å². The minimum atomic E-state index is 0.379. The predicted octanol–water partition coefficient (Wildman–Crippen LogP) is 0.721. The minimum absolute atomic E-state index is 0.379. The van der Waals surface area contributed by atoms with Gasteiger partial charge in [-0.25, -0.2) is 0 Å². The first-order valence-electron chi connectivity index (χ1n) is 5.82. The molecule has 0 spiro atoms. The Balaban J connectivity index is 1.77. The van der Waals surface area contributed by atoms with Crippen LogP contribution in [-0.4, -0.2) is 34.8 Å². The van der Waals surface area contributed by atoms with Gasteiger partial charge in [0.15, 0.2) is 0 Å². The summed E-state index contributed by atoms with van der Waals surface area (Å²) in [6, 6.07) is 0. The molecular weight excluding hydrogens is 204 g/mol. The summed E-state index contributed by atoms with van der Waals surface area (Å²) in [5.74, 6) is 0. The van der Waals surface area contributed by atoms with Crippen molar-refractivity contribution in [1.82, 2.24) is 20.3 Å².